The van der Waals surface area contributed by atoms with Gasteiger partial charge < -0.3 is 10.1 Å². The molecule has 1 aliphatic carbocycles. The van der Waals surface area contributed by atoms with Crippen molar-refractivity contribution in [2.75, 3.05) is 32.8 Å². The number of hydrogen-bond acceptors (Lipinski definition) is 3. The fourth-order valence-electron chi connectivity index (χ4n) is 4.14. The molecule has 22 heavy (non-hydrogen) atoms. The molecule has 1 N–H and O–H groups in total. The maximum atomic E-state index is 11.7. The first-order chi connectivity index (χ1) is 10.5. The van der Waals surface area contributed by atoms with Crippen molar-refractivity contribution < 1.29 is 9.53 Å². The van der Waals surface area contributed by atoms with Crippen LogP contribution in [0.3, 0.4) is 0 Å². The van der Waals surface area contributed by atoms with Crippen molar-refractivity contribution in [2.24, 2.45) is 11.3 Å². The molecule has 0 aromatic carbocycles. The highest BCUT2D eigenvalue weighted by Gasteiger charge is 2.41. The molecule has 1 aliphatic heterocycles. The predicted octanol–water partition coefficient (Wildman–Crippen LogP) is 2.82. The summed E-state index contributed by atoms with van der Waals surface area (Å²) in [6.07, 6.45) is 8.26. The summed E-state index contributed by atoms with van der Waals surface area (Å²) in [4.78, 5) is 14.0. The maximum absolute atomic E-state index is 11.7. The number of nitrogens with one attached hydrogen (secondary N) is 1. The zero-order valence-corrected chi connectivity index (χ0v) is 14.7. The van der Waals surface area contributed by atoms with E-state index in [2.05, 4.69) is 24.1 Å². The molecule has 1 saturated heterocycles. The molecule has 2 rings (SSSR count). The van der Waals surface area contributed by atoms with E-state index >= 15 is 0 Å². The molecule has 0 aromatic rings. The summed E-state index contributed by atoms with van der Waals surface area (Å²) in [5, 5.41) is 2.90. The lowest BCUT2D eigenvalue weighted by Gasteiger charge is -2.39. The molecule has 1 heterocycles. The van der Waals surface area contributed by atoms with Gasteiger partial charge in [0, 0.05) is 13.2 Å². The van der Waals surface area contributed by atoms with E-state index in [0.29, 0.717) is 18.1 Å². The van der Waals surface area contributed by atoms with Gasteiger partial charge in [-0.25, -0.2) is 0 Å². The molecule has 128 valence electrons. The standard InChI is InChI=1S/C18H34N2O2/c1-4-19-17(21)14-20-10-8-18(9-11-20)7-5-16(13-18)6-12-22-15(2)3/h15-16H,4-14H2,1-3H3,(H,19,21)/t16-/m1/s1. The Hall–Kier alpha value is -0.610. The average molecular weight is 310 g/mol. The van der Waals surface area contributed by atoms with Gasteiger partial charge in [0.2, 0.25) is 5.91 Å². The second-order valence-corrected chi connectivity index (χ2v) is 7.55. The van der Waals surface area contributed by atoms with Gasteiger partial charge in [-0.05, 0) is 83.7 Å². The number of nitrogens with zero attached hydrogens (tertiary/aromatic N) is 1. The van der Waals surface area contributed by atoms with Crippen molar-refractivity contribution in [3.63, 3.8) is 0 Å². The number of amides is 1. The molecule has 0 unspecified atom stereocenters. The molecule has 2 aliphatic rings. The lowest BCUT2D eigenvalue weighted by Crippen LogP contribution is -2.44. The van der Waals surface area contributed by atoms with Crippen LogP contribution < -0.4 is 5.32 Å². The topological polar surface area (TPSA) is 41.6 Å². The number of carbonyl (C=O) groups excluding carboxylic acids is 1. The van der Waals surface area contributed by atoms with Gasteiger partial charge in [0.05, 0.1) is 12.6 Å². The minimum atomic E-state index is 0.175. The predicted molar refractivity (Wildman–Crippen MR) is 89.8 cm³/mol. The molecule has 2 fully saturated rings. The van der Waals surface area contributed by atoms with Crippen LogP contribution in [-0.4, -0.2) is 49.7 Å². The Morgan fingerprint density at radius 2 is 2.05 bits per heavy atom. The highest BCUT2D eigenvalue weighted by atomic mass is 16.5. The number of carbonyl (C=O) groups is 1. The van der Waals surface area contributed by atoms with Crippen molar-refractivity contribution in [3.8, 4) is 0 Å². The van der Waals surface area contributed by atoms with Crippen LogP contribution >= 0.6 is 0 Å². The van der Waals surface area contributed by atoms with Gasteiger partial charge in [-0.15, -0.1) is 0 Å². The summed E-state index contributed by atoms with van der Waals surface area (Å²) in [5.41, 5.74) is 0.570. The van der Waals surface area contributed by atoms with Gasteiger partial charge >= 0.3 is 0 Å². The highest BCUT2D eigenvalue weighted by Crippen LogP contribution is 2.49. The van der Waals surface area contributed by atoms with E-state index in [1.165, 1.54) is 38.5 Å². The zero-order chi connectivity index (χ0) is 16.0. The fraction of sp³-hybridized carbons (Fsp3) is 0.944. The number of hydrogen-bond donors (Lipinski definition) is 1. The Morgan fingerprint density at radius 3 is 2.68 bits per heavy atom. The van der Waals surface area contributed by atoms with Gasteiger partial charge in [-0.3, -0.25) is 9.69 Å². The average Bonchev–Trinajstić information content (AvgIpc) is 2.85. The van der Waals surface area contributed by atoms with E-state index in [0.717, 1.165) is 32.2 Å². The van der Waals surface area contributed by atoms with Crippen LogP contribution in [0.15, 0.2) is 0 Å². The number of piperidine rings is 1. The Morgan fingerprint density at radius 1 is 1.32 bits per heavy atom. The quantitative estimate of drug-likeness (QED) is 0.786. The van der Waals surface area contributed by atoms with Crippen molar-refractivity contribution in [2.45, 2.75) is 65.4 Å². The van der Waals surface area contributed by atoms with E-state index in [1.807, 2.05) is 6.92 Å². The molecular weight excluding hydrogens is 276 g/mol. The smallest absolute Gasteiger partial charge is 0.234 e. The number of rotatable bonds is 7. The molecule has 1 amide bonds. The zero-order valence-electron chi connectivity index (χ0n) is 14.7. The lowest BCUT2D eigenvalue weighted by atomic mass is 9.76. The van der Waals surface area contributed by atoms with E-state index in [-0.39, 0.29) is 5.91 Å². The minimum Gasteiger partial charge on any atom is -0.379 e. The molecule has 1 atom stereocenters. The third-order valence-electron chi connectivity index (χ3n) is 5.44. The van der Waals surface area contributed by atoms with Crippen LogP contribution in [0.5, 0.6) is 0 Å². The Bertz CT molecular complexity index is 349. The van der Waals surface area contributed by atoms with Crippen LogP contribution in [0.2, 0.25) is 0 Å². The second kappa shape index (κ2) is 8.30. The molecule has 0 radical (unpaired) electrons. The van der Waals surface area contributed by atoms with E-state index < -0.39 is 0 Å². The Labute approximate surface area is 136 Å². The monoisotopic (exact) mass is 310 g/mol. The van der Waals surface area contributed by atoms with Gasteiger partial charge in [0.15, 0.2) is 0 Å². The van der Waals surface area contributed by atoms with Crippen molar-refractivity contribution >= 4 is 5.91 Å². The van der Waals surface area contributed by atoms with Crippen LogP contribution in [0.25, 0.3) is 0 Å². The molecule has 0 aromatic heterocycles. The van der Waals surface area contributed by atoms with E-state index in [4.69, 9.17) is 4.74 Å². The summed E-state index contributed by atoms with van der Waals surface area (Å²) >= 11 is 0. The molecule has 1 saturated carbocycles. The van der Waals surface area contributed by atoms with Crippen LogP contribution in [0.4, 0.5) is 0 Å². The van der Waals surface area contributed by atoms with Crippen molar-refractivity contribution in [1.82, 2.24) is 10.2 Å². The molecule has 0 bridgehead atoms. The second-order valence-electron chi connectivity index (χ2n) is 7.55. The fourth-order valence-corrected chi connectivity index (χ4v) is 4.14. The van der Waals surface area contributed by atoms with Gasteiger partial charge in [0.25, 0.3) is 0 Å². The molecule has 4 heteroatoms. The highest BCUT2D eigenvalue weighted by molar-refractivity contribution is 5.77. The minimum absolute atomic E-state index is 0.175. The number of ether oxygens (including phenoxy) is 1. The third kappa shape index (κ3) is 5.24. The summed E-state index contributed by atoms with van der Waals surface area (Å²) in [5.74, 6) is 1.03. The summed E-state index contributed by atoms with van der Waals surface area (Å²) < 4.78 is 5.71. The summed E-state index contributed by atoms with van der Waals surface area (Å²) in [6.45, 7) is 10.6. The molecule has 1 spiro atoms. The largest absolute Gasteiger partial charge is 0.379 e. The van der Waals surface area contributed by atoms with Crippen LogP contribution in [-0.2, 0) is 9.53 Å². The number of likely N-dealkylation sites (tertiary alicyclic amines) is 1. The first kappa shape index (κ1) is 17.7. The third-order valence-corrected chi connectivity index (χ3v) is 5.44. The van der Waals surface area contributed by atoms with Gasteiger partial charge in [-0.1, -0.05) is 0 Å². The van der Waals surface area contributed by atoms with Gasteiger partial charge in [0.1, 0.15) is 0 Å². The molecule has 4 nitrogen and oxygen atoms in total. The van der Waals surface area contributed by atoms with Gasteiger partial charge in [-0.2, -0.15) is 0 Å². The first-order valence-electron chi connectivity index (χ1n) is 9.14. The Kier molecular flexibility index (Phi) is 6.69. The van der Waals surface area contributed by atoms with Crippen molar-refractivity contribution in [1.29, 1.82) is 0 Å². The number of likely N-dealkylation sites (N-methyl/N-ethyl adjacent to an activating group) is 1. The summed E-state index contributed by atoms with van der Waals surface area (Å²) in [6, 6.07) is 0. The van der Waals surface area contributed by atoms with Crippen LogP contribution in [0.1, 0.15) is 59.3 Å². The molecular formula is C18H34N2O2. The summed E-state index contributed by atoms with van der Waals surface area (Å²) in [7, 11) is 0. The van der Waals surface area contributed by atoms with Crippen LogP contribution in [0, 0.1) is 11.3 Å². The SMILES string of the molecule is CCNC(=O)CN1CCC2(CC[C@H](CCOC(C)C)C2)CC1. The lowest BCUT2D eigenvalue weighted by molar-refractivity contribution is -0.122. The van der Waals surface area contributed by atoms with Crippen molar-refractivity contribution in [3.05, 3.63) is 0 Å². The first-order valence-corrected chi connectivity index (χ1v) is 9.14. The Balaban J connectivity index is 1.69. The van der Waals surface area contributed by atoms with E-state index in [9.17, 15) is 4.79 Å². The van der Waals surface area contributed by atoms with E-state index in [1.54, 1.807) is 0 Å². The normalized spacial score (nSPS) is 25.0. The maximum Gasteiger partial charge on any atom is 0.234 e.